The van der Waals surface area contributed by atoms with E-state index in [1.165, 1.54) is 0 Å². The first kappa shape index (κ1) is 11.3. The second-order valence-electron chi connectivity index (χ2n) is 3.68. The molecule has 1 unspecified atom stereocenters. The zero-order valence-corrected chi connectivity index (χ0v) is 10.6. The van der Waals surface area contributed by atoms with Crippen LogP contribution in [-0.2, 0) is 7.05 Å². The lowest BCUT2D eigenvalue weighted by atomic mass is 10.2. The van der Waals surface area contributed by atoms with Crippen LogP contribution in [0.2, 0.25) is 0 Å². The van der Waals surface area contributed by atoms with Crippen molar-refractivity contribution < 1.29 is 0 Å². The van der Waals surface area contributed by atoms with Crippen molar-refractivity contribution in [3.05, 3.63) is 34.3 Å². The van der Waals surface area contributed by atoms with Gasteiger partial charge >= 0.3 is 0 Å². The van der Waals surface area contributed by atoms with Crippen molar-refractivity contribution in [2.75, 3.05) is 6.54 Å². The molecule has 2 aromatic heterocycles. The highest BCUT2D eigenvalue weighted by molar-refractivity contribution is 7.09. The average Bonchev–Trinajstić information content (AvgIpc) is 2.84. The van der Waals surface area contributed by atoms with E-state index >= 15 is 0 Å². The lowest BCUT2D eigenvalue weighted by Gasteiger charge is -2.15. The fourth-order valence-corrected chi connectivity index (χ4v) is 2.34. The summed E-state index contributed by atoms with van der Waals surface area (Å²) in [5, 5.41) is 6.60. The molecule has 16 heavy (non-hydrogen) atoms. The predicted molar refractivity (Wildman–Crippen MR) is 65.6 cm³/mol. The Kier molecular flexibility index (Phi) is 3.36. The highest BCUT2D eigenvalue weighted by Crippen LogP contribution is 2.21. The van der Waals surface area contributed by atoms with Crippen molar-refractivity contribution in [2.45, 2.75) is 19.9 Å². The van der Waals surface area contributed by atoms with E-state index in [2.05, 4.69) is 27.6 Å². The maximum atomic E-state index is 4.53. The van der Waals surface area contributed by atoms with Crippen LogP contribution >= 0.6 is 11.3 Å². The molecule has 0 bridgehead atoms. The maximum Gasteiger partial charge on any atom is 0.131 e. The second kappa shape index (κ2) is 4.76. The van der Waals surface area contributed by atoms with Gasteiger partial charge in [0.1, 0.15) is 11.9 Å². The molecule has 0 aliphatic heterocycles. The Morgan fingerprint density at radius 2 is 2.38 bits per heavy atom. The molecule has 2 heterocycles. The van der Waals surface area contributed by atoms with Gasteiger partial charge in [0, 0.05) is 24.8 Å². The fourth-order valence-electron chi connectivity index (χ4n) is 1.70. The molecule has 1 N–H and O–H groups in total. The van der Waals surface area contributed by atoms with Gasteiger partial charge in [-0.2, -0.15) is 0 Å². The molecule has 86 valence electrons. The quantitative estimate of drug-likeness (QED) is 0.881. The molecule has 0 fully saturated rings. The summed E-state index contributed by atoms with van der Waals surface area (Å²) in [5.74, 6) is 1.01. The molecule has 1 atom stereocenters. The number of hydrogen-bond donors (Lipinski definition) is 1. The number of imidazole rings is 1. The first-order valence-corrected chi connectivity index (χ1v) is 6.23. The van der Waals surface area contributed by atoms with Gasteiger partial charge in [-0.25, -0.2) is 9.97 Å². The van der Waals surface area contributed by atoms with Crippen molar-refractivity contribution in [1.82, 2.24) is 19.9 Å². The van der Waals surface area contributed by atoms with Gasteiger partial charge in [0.2, 0.25) is 0 Å². The van der Waals surface area contributed by atoms with E-state index in [0.29, 0.717) is 0 Å². The molecule has 5 heteroatoms. The molecular weight excluding hydrogens is 220 g/mol. The average molecular weight is 236 g/mol. The largest absolute Gasteiger partial charge is 0.336 e. The summed E-state index contributed by atoms with van der Waals surface area (Å²) in [6.07, 6.45) is 3.78. The predicted octanol–water partition coefficient (Wildman–Crippen LogP) is 1.88. The molecule has 2 rings (SSSR count). The van der Waals surface area contributed by atoms with E-state index in [4.69, 9.17) is 0 Å². The molecule has 0 saturated heterocycles. The van der Waals surface area contributed by atoms with Crippen LogP contribution < -0.4 is 5.32 Å². The zero-order valence-electron chi connectivity index (χ0n) is 9.77. The van der Waals surface area contributed by atoms with E-state index in [1.54, 1.807) is 11.3 Å². The van der Waals surface area contributed by atoms with Gasteiger partial charge in [0.25, 0.3) is 0 Å². The topological polar surface area (TPSA) is 42.7 Å². The maximum absolute atomic E-state index is 4.53. The molecule has 0 saturated carbocycles. The summed E-state index contributed by atoms with van der Waals surface area (Å²) < 4.78 is 2.03. The lowest BCUT2D eigenvalue weighted by molar-refractivity contribution is 0.566. The molecular formula is C11H16N4S. The van der Waals surface area contributed by atoms with Gasteiger partial charge < -0.3 is 9.88 Å². The summed E-state index contributed by atoms with van der Waals surface area (Å²) in [7, 11) is 2.01. The molecule has 0 radical (unpaired) electrons. The van der Waals surface area contributed by atoms with Crippen LogP contribution in [0, 0.1) is 6.92 Å². The van der Waals surface area contributed by atoms with E-state index in [9.17, 15) is 0 Å². The minimum atomic E-state index is 0.0925. The van der Waals surface area contributed by atoms with E-state index in [-0.39, 0.29) is 6.04 Å². The van der Waals surface area contributed by atoms with Gasteiger partial charge in [-0.05, 0) is 13.5 Å². The van der Waals surface area contributed by atoms with Crippen molar-refractivity contribution in [1.29, 1.82) is 0 Å². The molecule has 0 spiro atoms. The van der Waals surface area contributed by atoms with Crippen molar-refractivity contribution >= 4 is 11.3 Å². The van der Waals surface area contributed by atoms with Gasteiger partial charge in [-0.15, -0.1) is 11.3 Å². The smallest absolute Gasteiger partial charge is 0.131 e. The number of nitrogens with one attached hydrogen (secondary N) is 1. The van der Waals surface area contributed by atoms with Crippen molar-refractivity contribution in [2.24, 2.45) is 7.05 Å². The van der Waals surface area contributed by atoms with Crippen LogP contribution in [0.3, 0.4) is 0 Å². The number of aryl methyl sites for hydroxylation is 2. The molecule has 2 aromatic rings. The van der Waals surface area contributed by atoms with Gasteiger partial charge in [0.05, 0.1) is 10.7 Å². The SMILES string of the molecule is CCNC(c1csc(C)n1)c1nccn1C. The lowest BCUT2D eigenvalue weighted by Crippen LogP contribution is -2.25. The monoisotopic (exact) mass is 236 g/mol. The Morgan fingerprint density at radius 3 is 2.88 bits per heavy atom. The Hall–Kier alpha value is -1.20. The minimum Gasteiger partial charge on any atom is -0.336 e. The standard InChI is InChI=1S/C11H16N4S/c1-4-12-10(9-7-16-8(2)14-9)11-13-5-6-15(11)3/h5-7,10,12H,4H2,1-3H3. The highest BCUT2D eigenvalue weighted by atomic mass is 32.1. The second-order valence-corrected chi connectivity index (χ2v) is 4.74. The molecule has 4 nitrogen and oxygen atoms in total. The number of aromatic nitrogens is 3. The third-order valence-electron chi connectivity index (χ3n) is 2.46. The molecule has 0 aliphatic rings. The van der Waals surface area contributed by atoms with Crippen LogP contribution in [-0.4, -0.2) is 21.1 Å². The Morgan fingerprint density at radius 1 is 1.56 bits per heavy atom. The molecule has 0 amide bonds. The Balaban J connectivity index is 2.34. The first-order valence-electron chi connectivity index (χ1n) is 5.35. The summed E-state index contributed by atoms with van der Waals surface area (Å²) >= 11 is 1.67. The van der Waals surface area contributed by atoms with E-state index in [1.807, 2.05) is 30.9 Å². The van der Waals surface area contributed by atoms with Crippen LogP contribution in [0.15, 0.2) is 17.8 Å². The van der Waals surface area contributed by atoms with Crippen LogP contribution in [0.25, 0.3) is 0 Å². The van der Waals surface area contributed by atoms with Crippen LogP contribution in [0.4, 0.5) is 0 Å². The van der Waals surface area contributed by atoms with Crippen molar-refractivity contribution in [3.63, 3.8) is 0 Å². The van der Waals surface area contributed by atoms with Crippen LogP contribution in [0.1, 0.15) is 29.5 Å². The third kappa shape index (κ3) is 2.15. The fraction of sp³-hybridized carbons (Fsp3) is 0.455. The van der Waals surface area contributed by atoms with Crippen LogP contribution in [0.5, 0.6) is 0 Å². The normalized spacial score (nSPS) is 12.9. The van der Waals surface area contributed by atoms with Gasteiger partial charge in [-0.3, -0.25) is 0 Å². The third-order valence-corrected chi connectivity index (χ3v) is 3.25. The summed E-state index contributed by atoms with van der Waals surface area (Å²) in [5.41, 5.74) is 1.05. The number of thiazole rings is 1. The first-order chi connectivity index (χ1) is 7.72. The highest BCUT2D eigenvalue weighted by Gasteiger charge is 2.19. The van der Waals surface area contributed by atoms with Gasteiger partial charge in [0.15, 0.2) is 0 Å². The van der Waals surface area contributed by atoms with E-state index < -0.39 is 0 Å². The number of hydrogen-bond acceptors (Lipinski definition) is 4. The summed E-state index contributed by atoms with van der Waals surface area (Å²) in [6.45, 7) is 5.01. The Bertz CT molecular complexity index is 460. The summed E-state index contributed by atoms with van der Waals surface area (Å²) in [4.78, 5) is 8.91. The van der Waals surface area contributed by atoms with Crippen molar-refractivity contribution in [3.8, 4) is 0 Å². The van der Waals surface area contributed by atoms with E-state index in [0.717, 1.165) is 23.1 Å². The summed E-state index contributed by atoms with van der Waals surface area (Å²) in [6, 6.07) is 0.0925. The zero-order chi connectivity index (χ0) is 11.5. The molecule has 0 aliphatic carbocycles. The van der Waals surface area contributed by atoms with Gasteiger partial charge in [-0.1, -0.05) is 6.92 Å². The molecule has 0 aromatic carbocycles. The minimum absolute atomic E-state index is 0.0925. The number of rotatable bonds is 4. The number of nitrogens with zero attached hydrogens (tertiary/aromatic N) is 3. The Labute approximate surface area is 99.4 Å².